The highest BCUT2D eigenvalue weighted by atomic mass is 16.2. The van der Waals surface area contributed by atoms with E-state index in [2.05, 4.69) is 10.5 Å². The number of hydrogen-bond acceptors (Lipinski definition) is 2. The number of hydrazone groups is 1. The molecule has 0 aliphatic rings. The lowest BCUT2D eigenvalue weighted by Crippen LogP contribution is -2.12. The Morgan fingerprint density at radius 2 is 1.94 bits per heavy atom. The van der Waals surface area contributed by atoms with Gasteiger partial charge in [-0.15, -0.1) is 0 Å². The zero-order valence-corrected chi connectivity index (χ0v) is 8.97. The first-order valence-electron chi connectivity index (χ1n) is 5.05. The predicted octanol–water partition coefficient (Wildman–Crippen LogP) is 2.31. The largest absolute Gasteiger partial charge is 0.274 e. The molecule has 80 valence electrons. The van der Waals surface area contributed by atoms with E-state index >= 15 is 0 Å². The van der Waals surface area contributed by atoms with Gasteiger partial charge in [0.1, 0.15) is 0 Å². The average Bonchev–Trinajstić information content (AvgIpc) is 2.29. The molecular weight excluding hydrogens is 200 g/mol. The Morgan fingerprint density at radius 1 is 1.19 bits per heavy atom. The van der Waals surface area contributed by atoms with Gasteiger partial charge in [-0.1, -0.05) is 42.5 Å². The summed E-state index contributed by atoms with van der Waals surface area (Å²) in [5, 5.41) is 6.15. The minimum atomic E-state index is -0.170. The molecule has 0 heterocycles. The van der Waals surface area contributed by atoms with Crippen molar-refractivity contribution in [2.45, 2.75) is 6.92 Å². The van der Waals surface area contributed by atoms with Crippen LogP contribution in [0, 0.1) is 0 Å². The molecule has 0 aliphatic carbocycles. The smallest absolute Gasteiger partial charge is 0.236 e. The Bertz CT molecular complexity index is 541. The lowest BCUT2D eigenvalue weighted by atomic mass is 10.1. The Labute approximate surface area is 93.8 Å². The molecule has 0 saturated carbocycles. The molecule has 0 aromatic heterocycles. The number of nitrogens with zero attached hydrogens (tertiary/aromatic N) is 1. The van der Waals surface area contributed by atoms with E-state index in [-0.39, 0.29) is 5.91 Å². The third-order valence-electron chi connectivity index (χ3n) is 2.25. The highest BCUT2D eigenvalue weighted by Gasteiger charge is 1.96. The predicted molar refractivity (Wildman–Crippen MR) is 65.4 cm³/mol. The number of hydrogen-bond donors (Lipinski definition) is 1. The van der Waals surface area contributed by atoms with Crippen molar-refractivity contribution < 1.29 is 4.79 Å². The van der Waals surface area contributed by atoms with Gasteiger partial charge in [-0.05, 0) is 10.8 Å². The van der Waals surface area contributed by atoms with E-state index in [0.29, 0.717) is 0 Å². The molecule has 2 rings (SSSR count). The molecule has 1 N–H and O–H groups in total. The summed E-state index contributed by atoms with van der Waals surface area (Å²) in [5.74, 6) is -0.170. The quantitative estimate of drug-likeness (QED) is 0.602. The fraction of sp³-hybridized carbons (Fsp3) is 0.0769. The lowest BCUT2D eigenvalue weighted by Gasteiger charge is -2.00. The van der Waals surface area contributed by atoms with E-state index in [9.17, 15) is 4.79 Å². The van der Waals surface area contributed by atoms with Crippen LogP contribution in [0.2, 0.25) is 0 Å². The molecule has 0 radical (unpaired) electrons. The van der Waals surface area contributed by atoms with Crippen LogP contribution in [0.4, 0.5) is 0 Å². The topological polar surface area (TPSA) is 41.5 Å². The van der Waals surface area contributed by atoms with E-state index in [4.69, 9.17) is 0 Å². The number of carbonyl (C=O) groups excluding carboxylic acids is 1. The summed E-state index contributed by atoms with van der Waals surface area (Å²) in [4.78, 5) is 10.7. The van der Waals surface area contributed by atoms with Crippen molar-refractivity contribution in [1.29, 1.82) is 0 Å². The summed E-state index contributed by atoms with van der Waals surface area (Å²) >= 11 is 0. The molecule has 0 spiro atoms. The summed E-state index contributed by atoms with van der Waals surface area (Å²) in [6, 6.07) is 14.0. The van der Waals surface area contributed by atoms with Crippen LogP contribution in [0.3, 0.4) is 0 Å². The molecular formula is C13H12N2O. The molecule has 0 saturated heterocycles. The molecule has 2 aromatic rings. The van der Waals surface area contributed by atoms with Gasteiger partial charge >= 0.3 is 0 Å². The maximum atomic E-state index is 10.7. The first-order valence-corrected chi connectivity index (χ1v) is 5.05. The SMILES string of the molecule is CC(=O)N/N=C/c1cccc2ccccc12. The number of fused-ring (bicyclic) bond motifs is 1. The van der Waals surface area contributed by atoms with Crippen LogP contribution < -0.4 is 5.43 Å². The molecule has 0 atom stereocenters. The molecule has 0 aliphatic heterocycles. The van der Waals surface area contributed by atoms with Gasteiger partial charge in [0, 0.05) is 12.5 Å². The van der Waals surface area contributed by atoms with Gasteiger partial charge in [0.2, 0.25) is 5.91 Å². The van der Waals surface area contributed by atoms with Gasteiger partial charge in [0.05, 0.1) is 6.21 Å². The van der Waals surface area contributed by atoms with E-state index in [1.165, 1.54) is 6.92 Å². The molecule has 1 amide bonds. The number of benzene rings is 2. The van der Waals surface area contributed by atoms with E-state index in [1.807, 2.05) is 42.5 Å². The van der Waals surface area contributed by atoms with Crippen molar-refractivity contribution in [2.24, 2.45) is 5.10 Å². The van der Waals surface area contributed by atoms with Crippen LogP contribution in [0.1, 0.15) is 12.5 Å². The summed E-state index contributed by atoms with van der Waals surface area (Å²) in [6.45, 7) is 1.43. The number of nitrogens with one attached hydrogen (secondary N) is 1. The Morgan fingerprint density at radius 3 is 2.75 bits per heavy atom. The number of rotatable bonds is 2. The lowest BCUT2D eigenvalue weighted by molar-refractivity contribution is -0.118. The van der Waals surface area contributed by atoms with E-state index in [1.54, 1.807) is 6.21 Å². The van der Waals surface area contributed by atoms with Crippen molar-refractivity contribution >= 4 is 22.9 Å². The maximum Gasteiger partial charge on any atom is 0.236 e. The van der Waals surface area contributed by atoms with Crippen molar-refractivity contribution in [3.05, 3.63) is 48.0 Å². The molecule has 2 aromatic carbocycles. The van der Waals surface area contributed by atoms with Gasteiger partial charge in [-0.2, -0.15) is 5.10 Å². The first kappa shape index (κ1) is 10.4. The van der Waals surface area contributed by atoms with E-state index in [0.717, 1.165) is 16.3 Å². The first-order chi connectivity index (χ1) is 7.77. The molecule has 0 unspecified atom stereocenters. The fourth-order valence-corrected chi connectivity index (χ4v) is 1.56. The summed E-state index contributed by atoms with van der Waals surface area (Å²) in [7, 11) is 0. The van der Waals surface area contributed by atoms with Gasteiger partial charge in [0.25, 0.3) is 0 Å². The second kappa shape index (κ2) is 4.57. The van der Waals surface area contributed by atoms with E-state index < -0.39 is 0 Å². The zero-order valence-electron chi connectivity index (χ0n) is 8.97. The number of amides is 1. The van der Waals surface area contributed by atoms with Gasteiger partial charge in [-0.3, -0.25) is 4.79 Å². The Kier molecular flexibility index (Phi) is 2.96. The third kappa shape index (κ3) is 2.25. The molecule has 3 heteroatoms. The molecule has 0 bridgehead atoms. The van der Waals surface area contributed by atoms with Crippen LogP contribution in [0.5, 0.6) is 0 Å². The molecule has 16 heavy (non-hydrogen) atoms. The van der Waals surface area contributed by atoms with Gasteiger partial charge < -0.3 is 0 Å². The van der Waals surface area contributed by atoms with Crippen LogP contribution >= 0.6 is 0 Å². The zero-order chi connectivity index (χ0) is 11.4. The average molecular weight is 212 g/mol. The van der Waals surface area contributed by atoms with Crippen LogP contribution in [-0.4, -0.2) is 12.1 Å². The van der Waals surface area contributed by atoms with Crippen LogP contribution in [-0.2, 0) is 4.79 Å². The third-order valence-corrected chi connectivity index (χ3v) is 2.25. The highest BCUT2D eigenvalue weighted by Crippen LogP contribution is 2.16. The van der Waals surface area contributed by atoms with Gasteiger partial charge in [0.15, 0.2) is 0 Å². The minimum absolute atomic E-state index is 0.170. The van der Waals surface area contributed by atoms with Gasteiger partial charge in [-0.25, -0.2) is 5.43 Å². The standard InChI is InChI=1S/C13H12N2O/c1-10(16)15-14-9-12-7-4-6-11-5-2-3-8-13(11)12/h2-9H,1H3,(H,15,16)/b14-9+. The van der Waals surface area contributed by atoms with Crippen LogP contribution in [0.15, 0.2) is 47.6 Å². The van der Waals surface area contributed by atoms with Crippen molar-refractivity contribution in [3.63, 3.8) is 0 Å². The molecule has 0 fully saturated rings. The Hall–Kier alpha value is -2.16. The van der Waals surface area contributed by atoms with Crippen molar-refractivity contribution in [2.75, 3.05) is 0 Å². The monoisotopic (exact) mass is 212 g/mol. The van der Waals surface area contributed by atoms with Crippen LogP contribution in [0.25, 0.3) is 10.8 Å². The summed E-state index contributed by atoms with van der Waals surface area (Å²) < 4.78 is 0. The van der Waals surface area contributed by atoms with Crippen molar-refractivity contribution in [3.8, 4) is 0 Å². The fourth-order valence-electron chi connectivity index (χ4n) is 1.56. The van der Waals surface area contributed by atoms with Crippen molar-refractivity contribution in [1.82, 2.24) is 5.43 Å². The highest BCUT2D eigenvalue weighted by molar-refractivity contribution is 5.99. The number of carbonyl (C=O) groups is 1. The normalized spacial score (nSPS) is 10.8. The summed E-state index contributed by atoms with van der Waals surface area (Å²) in [5.41, 5.74) is 3.38. The second-order valence-corrected chi connectivity index (χ2v) is 3.49. The maximum absolute atomic E-state index is 10.7. The second-order valence-electron chi connectivity index (χ2n) is 3.49. The minimum Gasteiger partial charge on any atom is -0.274 e. The Balaban J connectivity index is 2.37. The molecule has 3 nitrogen and oxygen atoms in total. The summed E-state index contributed by atoms with van der Waals surface area (Å²) in [6.07, 6.45) is 1.66.